The van der Waals surface area contributed by atoms with Crippen LogP contribution in [-0.4, -0.2) is 29.1 Å². The Morgan fingerprint density at radius 2 is 1.60 bits per heavy atom. The van der Waals surface area contributed by atoms with Crippen molar-refractivity contribution in [2.75, 3.05) is 18.0 Å². The SMILES string of the molecule is O=C(O)C1CN(c2nc(-c3ccc(-c4ccc(F)cc4)cc3)cs2)C1. The zero-order chi connectivity index (χ0) is 17.4. The minimum absolute atomic E-state index is 0.244. The summed E-state index contributed by atoms with van der Waals surface area (Å²) in [6, 6.07) is 14.4. The van der Waals surface area contributed by atoms with Crippen molar-refractivity contribution >= 4 is 22.4 Å². The largest absolute Gasteiger partial charge is 0.481 e. The molecule has 0 atom stereocenters. The molecule has 0 radical (unpaired) electrons. The van der Waals surface area contributed by atoms with Gasteiger partial charge in [-0.2, -0.15) is 0 Å². The van der Waals surface area contributed by atoms with E-state index in [0.717, 1.165) is 27.5 Å². The van der Waals surface area contributed by atoms with Gasteiger partial charge in [0.1, 0.15) is 5.82 Å². The Bertz CT molecular complexity index is 900. The Morgan fingerprint density at radius 3 is 2.20 bits per heavy atom. The van der Waals surface area contributed by atoms with Gasteiger partial charge in [0.25, 0.3) is 0 Å². The van der Waals surface area contributed by atoms with Crippen molar-refractivity contribution in [2.24, 2.45) is 5.92 Å². The predicted molar refractivity (Wildman–Crippen MR) is 96.3 cm³/mol. The number of hydrogen-bond acceptors (Lipinski definition) is 4. The van der Waals surface area contributed by atoms with Crippen LogP contribution in [0.4, 0.5) is 9.52 Å². The summed E-state index contributed by atoms with van der Waals surface area (Å²) >= 11 is 1.52. The second kappa shape index (κ2) is 6.29. The lowest BCUT2D eigenvalue weighted by molar-refractivity contribution is -0.142. The Hall–Kier alpha value is -2.73. The van der Waals surface area contributed by atoms with Gasteiger partial charge in [-0.3, -0.25) is 4.79 Å². The molecule has 1 aromatic heterocycles. The zero-order valence-corrected chi connectivity index (χ0v) is 14.0. The van der Waals surface area contributed by atoms with Crippen LogP contribution < -0.4 is 4.90 Å². The van der Waals surface area contributed by atoms with Gasteiger partial charge in [-0.1, -0.05) is 36.4 Å². The topological polar surface area (TPSA) is 53.4 Å². The number of carboxylic acid groups (broad SMARTS) is 1. The molecule has 0 aliphatic carbocycles. The second-order valence-corrected chi connectivity index (χ2v) is 6.88. The number of benzene rings is 2. The predicted octanol–water partition coefficient (Wildman–Crippen LogP) is 4.14. The molecule has 2 aromatic carbocycles. The lowest BCUT2D eigenvalue weighted by Crippen LogP contribution is -2.50. The molecule has 0 amide bonds. The molecule has 0 spiro atoms. The summed E-state index contributed by atoms with van der Waals surface area (Å²) in [5.74, 6) is -1.28. The first-order valence-electron chi connectivity index (χ1n) is 7.90. The lowest BCUT2D eigenvalue weighted by Gasteiger charge is -2.36. The fraction of sp³-hybridized carbons (Fsp3) is 0.158. The van der Waals surface area contributed by atoms with Crippen molar-refractivity contribution in [1.82, 2.24) is 4.98 Å². The molecule has 0 bridgehead atoms. The minimum Gasteiger partial charge on any atom is -0.481 e. The molecule has 25 heavy (non-hydrogen) atoms. The van der Waals surface area contributed by atoms with E-state index in [1.54, 1.807) is 12.1 Å². The quantitative estimate of drug-likeness (QED) is 0.765. The number of nitrogens with zero attached hydrogens (tertiary/aromatic N) is 2. The highest BCUT2D eigenvalue weighted by atomic mass is 32.1. The van der Waals surface area contributed by atoms with Gasteiger partial charge in [-0.25, -0.2) is 9.37 Å². The normalized spacial score (nSPS) is 14.4. The second-order valence-electron chi connectivity index (χ2n) is 6.04. The highest BCUT2D eigenvalue weighted by Crippen LogP contribution is 2.32. The Balaban J connectivity index is 1.49. The molecule has 1 aliphatic rings. The number of carboxylic acids is 1. The molecule has 4 rings (SSSR count). The van der Waals surface area contributed by atoms with E-state index in [9.17, 15) is 9.18 Å². The first-order valence-corrected chi connectivity index (χ1v) is 8.78. The molecule has 3 aromatic rings. The molecule has 126 valence electrons. The van der Waals surface area contributed by atoms with E-state index in [1.165, 1.54) is 23.5 Å². The fourth-order valence-electron chi connectivity index (χ4n) is 2.81. The van der Waals surface area contributed by atoms with Crippen LogP contribution in [-0.2, 0) is 4.79 Å². The van der Waals surface area contributed by atoms with E-state index in [2.05, 4.69) is 4.98 Å². The van der Waals surface area contributed by atoms with Gasteiger partial charge in [-0.05, 0) is 23.3 Å². The summed E-state index contributed by atoms with van der Waals surface area (Å²) in [7, 11) is 0. The van der Waals surface area contributed by atoms with E-state index in [1.807, 2.05) is 34.5 Å². The summed E-state index contributed by atoms with van der Waals surface area (Å²) in [5, 5.41) is 11.8. The number of aromatic nitrogens is 1. The summed E-state index contributed by atoms with van der Waals surface area (Å²) in [4.78, 5) is 17.5. The molecule has 1 fully saturated rings. The smallest absolute Gasteiger partial charge is 0.310 e. The van der Waals surface area contributed by atoms with Gasteiger partial charge < -0.3 is 10.0 Å². The van der Waals surface area contributed by atoms with Gasteiger partial charge in [0, 0.05) is 24.0 Å². The van der Waals surface area contributed by atoms with Crippen LogP contribution in [0, 0.1) is 11.7 Å². The summed E-state index contributed by atoms with van der Waals surface area (Å²) in [6.45, 7) is 1.04. The minimum atomic E-state index is -0.746. The summed E-state index contributed by atoms with van der Waals surface area (Å²) < 4.78 is 13.0. The summed E-state index contributed by atoms with van der Waals surface area (Å²) in [6.07, 6.45) is 0. The third kappa shape index (κ3) is 3.13. The van der Waals surface area contributed by atoms with E-state index in [4.69, 9.17) is 5.11 Å². The number of halogens is 1. The number of rotatable bonds is 4. The lowest BCUT2D eigenvalue weighted by atomic mass is 10.0. The van der Waals surface area contributed by atoms with Gasteiger partial charge in [0.15, 0.2) is 5.13 Å². The molecule has 0 saturated carbocycles. The van der Waals surface area contributed by atoms with Crippen molar-refractivity contribution < 1.29 is 14.3 Å². The third-order valence-corrected chi connectivity index (χ3v) is 5.25. The van der Waals surface area contributed by atoms with Crippen molar-refractivity contribution in [1.29, 1.82) is 0 Å². The molecule has 6 heteroatoms. The van der Waals surface area contributed by atoms with Crippen LogP contribution >= 0.6 is 11.3 Å². The van der Waals surface area contributed by atoms with Crippen molar-refractivity contribution in [3.63, 3.8) is 0 Å². The average molecular weight is 354 g/mol. The number of carbonyl (C=O) groups is 1. The maximum absolute atomic E-state index is 13.0. The highest BCUT2D eigenvalue weighted by molar-refractivity contribution is 7.14. The monoisotopic (exact) mass is 354 g/mol. The van der Waals surface area contributed by atoms with Crippen molar-refractivity contribution in [3.8, 4) is 22.4 Å². The van der Waals surface area contributed by atoms with Gasteiger partial charge in [0.05, 0.1) is 11.6 Å². The maximum Gasteiger partial charge on any atom is 0.310 e. The fourth-order valence-corrected chi connectivity index (χ4v) is 3.66. The van der Waals surface area contributed by atoms with Crippen molar-refractivity contribution in [3.05, 3.63) is 59.7 Å². The molecule has 1 aliphatic heterocycles. The zero-order valence-electron chi connectivity index (χ0n) is 13.2. The van der Waals surface area contributed by atoms with Crippen LogP contribution in [0.5, 0.6) is 0 Å². The van der Waals surface area contributed by atoms with E-state index in [0.29, 0.717) is 13.1 Å². The Kier molecular flexibility index (Phi) is 3.97. The number of hydrogen-bond donors (Lipinski definition) is 1. The molecule has 1 N–H and O–H groups in total. The average Bonchev–Trinajstić information content (AvgIpc) is 3.03. The van der Waals surface area contributed by atoms with Crippen LogP contribution in [0.3, 0.4) is 0 Å². The highest BCUT2D eigenvalue weighted by Gasteiger charge is 2.34. The molecule has 1 saturated heterocycles. The molecule has 2 heterocycles. The molecule has 4 nitrogen and oxygen atoms in total. The first kappa shape index (κ1) is 15.8. The standard InChI is InChI=1S/C19H15FN2O2S/c20-16-7-5-13(6-8-16)12-1-3-14(4-2-12)17-11-25-19(21-17)22-9-15(10-22)18(23)24/h1-8,11,15H,9-10H2,(H,23,24). The van der Waals surface area contributed by atoms with Gasteiger partial charge in [-0.15, -0.1) is 11.3 Å². The third-order valence-electron chi connectivity index (χ3n) is 4.35. The van der Waals surface area contributed by atoms with Crippen molar-refractivity contribution in [2.45, 2.75) is 0 Å². The van der Waals surface area contributed by atoms with E-state index in [-0.39, 0.29) is 11.7 Å². The molecule has 0 unspecified atom stereocenters. The number of thiazole rings is 1. The molecular weight excluding hydrogens is 339 g/mol. The first-order chi connectivity index (χ1) is 12.1. The Labute approximate surface area is 148 Å². The van der Waals surface area contributed by atoms with Gasteiger partial charge >= 0.3 is 5.97 Å². The van der Waals surface area contributed by atoms with E-state index < -0.39 is 5.97 Å². The Morgan fingerprint density at radius 1 is 1.04 bits per heavy atom. The van der Waals surface area contributed by atoms with Crippen LogP contribution in [0.2, 0.25) is 0 Å². The van der Waals surface area contributed by atoms with Crippen LogP contribution in [0.1, 0.15) is 0 Å². The number of aliphatic carboxylic acids is 1. The van der Waals surface area contributed by atoms with Crippen LogP contribution in [0.15, 0.2) is 53.9 Å². The van der Waals surface area contributed by atoms with Gasteiger partial charge in [0.2, 0.25) is 0 Å². The summed E-state index contributed by atoms with van der Waals surface area (Å²) in [5.41, 5.74) is 3.87. The molecular formula is C19H15FN2O2S. The van der Waals surface area contributed by atoms with Crippen LogP contribution in [0.25, 0.3) is 22.4 Å². The number of anilines is 1. The van der Waals surface area contributed by atoms with E-state index >= 15 is 0 Å². The maximum atomic E-state index is 13.0.